The molecule has 0 unspecified atom stereocenters. The van der Waals surface area contributed by atoms with E-state index in [4.69, 9.17) is 5.11 Å². The monoisotopic (exact) mass is 245 g/mol. The van der Waals surface area contributed by atoms with Crippen LogP contribution in [0.2, 0.25) is 0 Å². The maximum absolute atomic E-state index is 12.0. The number of carbonyl (C=O) groups is 3. The molecule has 5 nitrogen and oxygen atoms in total. The van der Waals surface area contributed by atoms with Crippen molar-refractivity contribution < 1.29 is 19.5 Å². The largest absolute Gasteiger partial charge is 0.478 e. The maximum Gasteiger partial charge on any atom is 0.328 e. The first-order valence-corrected chi connectivity index (χ1v) is 5.40. The lowest BCUT2D eigenvalue weighted by atomic mass is 10.1. The number of nitrogens with zero attached hydrogens (tertiary/aromatic N) is 1. The van der Waals surface area contributed by atoms with Gasteiger partial charge in [-0.15, -0.1) is 0 Å². The highest BCUT2D eigenvalue weighted by Crippen LogP contribution is 2.24. The van der Waals surface area contributed by atoms with Gasteiger partial charge in [0.1, 0.15) is 0 Å². The van der Waals surface area contributed by atoms with Crippen LogP contribution < -0.4 is 0 Å². The predicted molar refractivity (Wildman–Crippen MR) is 63.2 cm³/mol. The first-order valence-electron chi connectivity index (χ1n) is 5.40. The zero-order valence-corrected chi connectivity index (χ0v) is 9.66. The van der Waals surface area contributed by atoms with Crippen molar-refractivity contribution in [2.24, 2.45) is 0 Å². The van der Waals surface area contributed by atoms with Gasteiger partial charge < -0.3 is 5.11 Å². The van der Waals surface area contributed by atoms with Crippen LogP contribution in [0.5, 0.6) is 0 Å². The van der Waals surface area contributed by atoms with Crippen LogP contribution in [0.3, 0.4) is 0 Å². The molecule has 2 rings (SSSR count). The van der Waals surface area contributed by atoms with Crippen LogP contribution in [0.1, 0.15) is 27.6 Å². The molecule has 0 spiro atoms. The number of benzene rings is 1. The molecule has 0 aliphatic carbocycles. The number of aliphatic carboxylic acids is 1. The van der Waals surface area contributed by atoms with Crippen molar-refractivity contribution in [3.63, 3.8) is 0 Å². The lowest BCUT2D eigenvalue weighted by Gasteiger charge is -2.18. The Morgan fingerprint density at radius 1 is 1.22 bits per heavy atom. The highest BCUT2D eigenvalue weighted by atomic mass is 16.4. The van der Waals surface area contributed by atoms with Crippen molar-refractivity contribution >= 4 is 17.8 Å². The molecule has 92 valence electrons. The summed E-state index contributed by atoms with van der Waals surface area (Å²) < 4.78 is 0. The van der Waals surface area contributed by atoms with Crippen molar-refractivity contribution in [3.8, 4) is 0 Å². The SMILES string of the molecule is C[C@@H](/C=C/C(=O)O)N1C(=O)c2ccccc2C1=O. The summed E-state index contributed by atoms with van der Waals surface area (Å²) in [4.78, 5) is 35.5. The van der Waals surface area contributed by atoms with Gasteiger partial charge in [-0.1, -0.05) is 18.2 Å². The van der Waals surface area contributed by atoms with Gasteiger partial charge in [0.25, 0.3) is 11.8 Å². The van der Waals surface area contributed by atoms with Crippen LogP contribution in [0.15, 0.2) is 36.4 Å². The molecule has 18 heavy (non-hydrogen) atoms. The number of rotatable bonds is 3. The van der Waals surface area contributed by atoms with Crippen LogP contribution in [0, 0.1) is 0 Å². The first-order chi connectivity index (χ1) is 8.52. The van der Waals surface area contributed by atoms with Gasteiger partial charge in [0.05, 0.1) is 17.2 Å². The second-order valence-corrected chi connectivity index (χ2v) is 3.96. The molecule has 0 radical (unpaired) electrons. The van der Waals surface area contributed by atoms with Gasteiger partial charge in [0, 0.05) is 6.08 Å². The third-order valence-electron chi connectivity index (χ3n) is 2.75. The van der Waals surface area contributed by atoms with Crippen molar-refractivity contribution in [1.82, 2.24) is 4.90 Å². The number of imide groups is 1. The van der Waals surface area contributed by atoms with E-state index < -0.39 is 23.8 Å². The van der Waals surface area contributed by atoms with Gasteiger partial charge in [0.15, 0.2) is 0 Å². The van der Waals surface area contributed by atoms with Gasteiger partial charge in [-0.05, 0) is 19.1 Å². The second-order valence-electron chi connectivity index (χ2n) is 3.96. The Morgan fingerprint density at radius 2 is 1.72 bits per heavy atom. The van der Waals surface area contributed by atoms with Crippen molar-refractivity contribution in [1.29, 1.82) is 0 Å². The highest BCUT2D eigenvalue weighted by Gasteiger charge is 2.37. The summed E-state index contributed by atoms with van der Waals surface area (Å²) >= 11 is 0. The Morgan fingerprint density at radius 3 is 2.17 bits per heavy atom. The Kier molecular flexibility index (Phi) is 2.97. The minimum atomic E-state index is -1.11. The molecular formula is C13H11NO4. The van der Waals surface area contributed by atoms with Gasteiger partial charge in [-0.25, -0.2) is 4.79 Å². The van der Waals surface area contributed by atoms with E-state index in [2.05, 4.69) is 0 Å². The Bertz CT molecular complexity index is 527. The van der Waals surface area contributed by atoms with Crippen LogP contribution in [-0.2, 0) is 4.79 Å². The minimum Gasteiger partial charge on any atom is -0.478 e. The molecule has 0 saturated carbocycles. The summed E-state index contributed by atoms with van der Waals surface area (Å²) in [5.41, 5.74) is 0.719. The number of fused-ring (bicyclic) bond motifs is 1. The second kappa shape index (κ2) is 4.44. The van der Waals surface area contributed by atoms with E-state index in [1.54, 1.807) is 31.2 Å². The van der Waals surface area contributed by atoms with Crippen LogP contribution in [0.4, 0.5) is 0 Å². The van der Waals surface area contributed by atoms with Crippen molar-refractivity contribution in [3.05, 3.63) is 47.5 Å². The maximum atomic E-state index is 12.0. The molecular weight excluding hydrogens is 234 g/mol. The quantitative estimate of drug-likeness (QED) is 0.643. The fourth-order valence-corrected chi connectivity index (χ4v) is 1.89. The summed E-state index contributed by atoms with van der Waals surface area (Å²) in [6.07, 6.45) is 2.23. The number of hydrogen-bond acceptors (Lipinski definition) is 3. The fourth-order valence-electron chi connectivity index (χ4n) is 1.89. The predicted octanol–water partition coefficient (Wildman–Crippen LogP) is 1.31. The molecule has 1 aromatic rings. The van der Waals surface area contributed by atoms with Gasteiger partial charge in [0.2, 0.25) is 0 Å². The standard InChI is InChI=1S/C13H11NO4/c1-8(6-7-11(15)16)14-12(17)9-4-2-3-5-10(9)13(14)18/h2-8H,1H3,(H,15,16)/b7-6+/t8-/m0/s1. The molecule has 1 aliphatic heterocycles. The third-order valence-corrected chi connectivity index (χ3v) is 2.75. The number of hydrogen-bond donors (Lipinski definition) is 1. The number of carboxylic acids is 1. The number of carbonyl (C=O) groups excluding carboxylic acids is 2. The summed E-state index contributed by atoms with van der Waals surface area (Å²) in [6.45, 7) is 1.60. The minimum absolute atomic E-state index is 0.359. The van der Waals surface area contributed by atoms with Crippen LogP contribution >= 0.6 is 0 Å². The molecule has 1 N–H and O–H groups in total. The lowest BCUT2D eigenvalue weighted by molar-refractivity contribution is -0.131. The average Bonchev–Trinajstić information content (AvgIpc) is 2.60. The zero-order chi connectivity index (χ0) is 13.3. The average molecular weight is 245 g/mol. The van der Waals surface area contributed by atoms with Gasteiger partial charge >= 0.3 is 5.97 Å². The molecule has 0 aromatic heterocycles. The van der Waals surface area contributed by atoms with Crippen LogP contribution in [0.25, 0.3) is 0 Å². The fraction of sp³-hybridized carbons (Fsp3) is 0.154. The molecule has 1 aromatic carbocycles. The van der Waals surface area contributed by atoms with Gasteiger partial charge in [-0.2, -0.15) is 0 Å². The molecule has 0 saturated heterocycles. The molecule has 5 heteroatoms. The Hall–Kier alpha value is -2.43. The lowest BCUT2D eigenvalue weighted by Crippen LogP contribution is -2.36. The van der Waals surface area contributed by atoms with Gasteiger partial charge in [-0.3, -0.25) is 14.5 Å². The molecule has 1 heterocycles. The summed E-state index contributed by atoms with van der Waals surface area (Å²) in [7, 11) is 0. The number of amides is 2. The Labute approximate surface area is 103 Å². The Balaban J connectivity index is 2.31. The molecule has 2 amide bonds. The summed E-state index contributed by atoms with van der Waals surface area (Å²) in [5, 5.41) is 8.54. The molecule has 0 bridgehead atoms. The van der Waals surface area contributed by atoms with E-state index in [1.165, 1.54) is 6.08 Å². The zero-order valence-electron chi connectivity index (χ0n) is 9.66. The van der Waals surface area contributed by atoms with E-state index in [-0.39, 0.29) is 0 Å². The van der Waals surface area contributed by atoms with E-state index in [0.29, 0.717) is 11.1 Å². The summed E-state index contributed by atoms with van der Waals surface area (Å²) in [5.74, 6) is -1.89. The molecule has 1 atom stereocenters. The van der Waals surface area contributed by atoms with E-state index in [0.717, 1.165) is 11.0 Å². The van der Waals surface area contributed by atoms with E-state index >= 15 is 0 Å². The van der Waals surface area contributed by atoms with Crippen LogP contribution in [-0.4, -0.2) is 33.8 Å². The smallest absolute Gasteiger partial charge is 0.328 e. The van der Waals surface area contributed by atoms with Crippen molar-refractivity contribution in [2.45, 2.75) is 13.0 Å². The number of carboxylic acid groups (broad SMARTS) is 1. The first kappa shape index (κ1) is 12.0. The summed E-state index contributed by atoms with van der Waals surface area (Å²) in [6, 6.07) is 5.96. The third kappa shape index (κ3) is 1.90. The molecule has 1 aliphatic rings. The highest BCUT2D eigenvalue weighted by molar-refractivity contribution is 6.21. The molecule has 0 fully saturated rings. The van der Waals surface area contributed by atoms with E-state index in [9.17, 15) is 14.4 Å². The van der Waals surface area contributed by atoms with E-state index in [1.807, 2.05) is 0 Å². The van der Waals surface area contributed by atoms with Crippen molar-refractivity contribution in [2.75, 3.05) is 0 Å². The normalized spacial score (nSPS) is 16.2. The topological polar surface area (TPSA) is 74.7 Å².